The van der Waals surface area contributed by atoms with E-state index < -0.39 is 13.0 Å². The fourth-order valence-electron chi connectivity index (χ4n) is 0.758. The van der Waals surface area contributed by atoms with E-state index in [1.54, 1.807) is 0 Å². The second kappa shape index (κ2) is 3.45. The molecule has 4 heteroatoms. The van der Waals surface area contributed by atoms with E-state index in [2.05, 4.69) is 4.74 Å². The molecule has 1 N–H and O–H groups in total. The van der Waals surface area contributed by atoms with Crippen LogP contribution in [0.15, 0.2) is 18.2 Å². The average molecular weight is 190 g/mol. The van der Waals surface area contributed by atoms with E-state index in [0.717, 1.165) is 6.07 Å². The number of carboxylic acid groups (broad SMARTS) is 1. The third kappa shape index (κ3) is 1.68. The van der Waals surface area contributed by atoms with Crippen LogP contribution in [0.4, 0.5) is 0 Å². The zero-order valence-electron chi connectivity index (χ0n) is 8.87. The summed E-state index contributed by atoms with van der Waals surface area (Å²) in [5.74, 6) is -1.52. The van der Waals surface area contributed by atoms with Crippen molar-refractivity contribution in [3.8, 4) is 5.75 Å². The van der Waals surface area contributed by atoms with Gasteiger partial charge in [0.15, 0.2) is 0 Å². The smallest absolute Gasteiger partial charge is 0.339 e. The minimum atomic E-state index is -2.68. The lowest BCUT2D eigenvalue weighted by molar-refractivity contribution is 0.0693. The van der Waals surface area contributed by atoms with Crippen LogP contribution in [0.5, 0.6) is 5.75 Å². The number of rotatable bonds is 2. The molecule has 0 radical (unpaired) electrons. The van der Waals surface area contributed by atoms with Crippen LogP contribution in [0.3, 0.4) is 0 Å². The second-order valence-corrected chi connectivity index (χ2v) is 2.48. The monoisotopic (exact) mass is 189 g/mol. The van der Waals surface area contributed by atoms with Gasteiger partial charge >= 0.3 is 5.97 Å². The van der Waals surface area contributed by atoms with E-state index >= 15 is 0 Å². The lowest BCUT2D eigenvalue weighted by atomic mass is 10.2. The zero-order chi connectivity index (χ0) is 11.6. The molecule has 0 heterocycles. The summed E-state index contributed by atoms with van der Waals surface area (Å²) in [6.07, 6.45) is 0. The van der Waals surface area contributed by atoms with Gasteiger partial charge < -0.3 is 9.84 Å². The molecule has 12 heavy (non-hydrogen) atoms. The molecule has 1 aromatic carbocycles. The van der Waals surface area contributed by atoms with Crippen LogP contribution >= 0.6 is 11.6 Å². The van der Waals surface area contributed by atoms with Gasteiger partial charge in [0, 0.05) is 5.02 Å². The highest BCUT2D eigenvalue weighted by Gasteiger charge is 2.10. The van der Waals surface area contributed by atoms with Crippen molar-refractivity contribution in [3.05, 3.63) is 28.8 Å². The summed E-state index contributed by atoms with van der Waals surface area (Å²) in [7, 11) is -2.68. The summed E-state index contributed by atoms with van der Waals surface area (Å²) in [6.45, 7) is 0. The highest BCUT2D eigenvalue weighted by molar-refractivity contribution is 6.31. The number of benzene rings is 1. The molecule has 1 aromatic rings. The maximum absolute atomic E-state index is 10.7. The van der Waals surface area contributed by atoms with E-state index in [9.17, 15) is 4.79 Å². The second-order valence-electron chi connectivity index (χ2n) is 2.05. The van der Waals surface area contributed by atoms with E-state index in [4.69, 9.17) is 20.8 Å². The van der Waals surface area contributed by atoms with Gasteiger partial charge in [-0.1, -0.05) is 11.6 Å². The van der Waals surface area contributed by atoms with Gasteiger partial charge in [0.2, 0.25) is 0 Å². The Balaban J connectivity index is 3.12. The number of hydrogen-bond donors (Lipinski definition) is 1. The molecule has 3 nitrogen and oxygen atoms in total. The Kier molecular flexibility index (Phi) is 1.56. The van der Waals surface area contributed by atoms with Gasteiger partial charge in [0.1, 0.15) is 11.3 Å². The standard InChI is InChI=1S/C8H7ClO3/c1-12-7-3-2-5(9)4-6(7)8(10)11/h2-4H,1H3,(H,10,11)/i1D3. The summed E-state index contributed by atoms with van der Waals surface area (Å²) < 4.78 is 25.0. The number of aromatic carboxylic acids is 1. The lowest BCUT2D eigenvalue weighted by Gasteiger charge is -2.03. The van der Waals surface area contributed by atoms with Crippen LogP contribution in [0.1, 0.15) is 14.5 Å². The Bertz CT molecular complexity index is 389. The van der Waals surface area contributed by atoms with Gasteiger partial charge in [-0.25, -0.2) is 4.79 Å². The third-order valence-electron chi connectivity index (χ3n) is 1.28. The number of carboxylic acids is 1. The van der Waals surface area contributed by atoms with Gasteiger partial charge in [-0.3, -0.25) is 0 Å². The lowest BCUT2D eigenvalue weighted by Crippen LogP contribution is -1.99. The predicted molar refractivity (Wildman–Crippen MR) is 45.0 cm³/mol. The molecule has 0 amide bonds. The highest BCUT2D eigenvalue weighted by Crippen LogP contribution is 2.22. The normalized spacial score (nSPS) is 14.2. The number of ether oxygens (including phenoxy) is 1. The quantitative estimate of drug-likeness (QED) is 0.775. The molecule has 0 saturated heterocycles. The molecular formula is C8H7ClO3. The summed E-state index contributed by atoms with van der Waals surface area (Å²) in [5.41, 5.74) is -0.279. The number of halogens is 1. The third-order valence-corrected chi connectivity index (χ3v) is 1.52. The van der Waals surface area contributed by atoms with Crippen molar-refractivity contribution in [2.24, 2.45) is 0 Å². The predicted octanol–water partition coefficient (Wildman–Crippen LogP) is 2.05. The van der Waals surface area contributed by atoms with E-state index in [1.807, 2.05) is 0 Å². The fraction of sp³-hybridized carbons (Fsp3) is 0.125. The fourth-order valence-corrected chi connectivity index (χ4v) is 0.930. The molecule has 0 bridgehead atoms. The molecule has 0 atom stereocenters. The van der Waals surface area contributed by atoms with Crippen molar-refractivity contribution in [1.29, 1.82) is 0 Å². The largest absolute Gasteiger partial charge is 0.496 e. The molecular weight excluding hydrogens is 180 g/mol. The Morgan fingerprint density at radius 2 is 2.50 bits per heavy atom. The van der Waals surface area contributed by atoms with Gasteiger partial charge in [-0.2, -0.15) is 0 Å². The van der Waals surface area contributed by atoms with Crippen LogP contribution in [-0.4, -0.2) is 18.1 Å². The zero-order valence-corrected chi connectivity index (χ0v) is 6.63. The SMILES string of the molecule is [2H]C([2H])([2H])Oc1ccc(Cl)cc1C(=O)O. The summed E-state index contributed by atoms with van der Waals surface area (Å²) in [4.78, 5) is 10.7. The summed E-state index contributed by atoms with van der Waals surface area (Å²) in [6, 6.07) is 3.69. The Labute approximate surface area is 78.7 Å². The number of hydrogen-bond acceptors (Lipinski definition) is 2. The van der Waals surface area contributed by atoms with Crippen LogP contribution in [0, 0.1) is 0 Å². The average Bonchev–Trinajstić information content (AvgIpc) is 2.05. The summed E-state index contributed by atoms with van der Waals surface area (Å²) in [5, 5.41) is 8.96. The molecule has 64 valence electrons. The topological polar surface area (TPSA) is 46.5 Å². The van der Waals surface area contributed by atoms with Gasteiger partial charge in [-0.05, 0) is 18.2 Å². The first-order chi connectivity index (χ1) is 6.79. The Morgan fingerprint density at radius 1 is 1.75 bits per heavy atom. The summed E-state index contributed by atoms with van der Waals surface area (Å²) >= 11 is 5.57. The Morgan fingerprint density at radius 3 is 3.08 bits per heavy atom. The van der Waals surface area contributed by atoms with Gasteiger partial charge in [-0.15, -0.1) is 0 Å². The van der Waals surface area contributed by atoms with E-state index in [0.29, 0.717) is 0 Å². The van der Waals surface area contributed by atoms with Crippen molar-refractivity contribution in [2.45, 2.75) is 0 Å². The minimum absolute atomic E-state index is 0.199. The molecule has 0 saturated carbocycles. The molecule has 0 fully saturated rings. The molecule has 0 unspecified atom stereocenters. The molecule has 0 aliphatic rings. The van der Waals surface area contributed by atoms with Crippen molar-refractivity contribution in [1.82, 2.24) is 0 Å². The van der Waals surface area contributed by atoms with E-state index in [-0.39, 0.29) is 16.3 Å². The first kappa shape index (κ1) is 5.43. The first-order valence-corrected chi connectivity index (χ1v) is 3.39. The van der Waals surface area contributed by atoms with Crippen LogP contribution in [0.25, 0.3) is 0 Å². The molecule has 0 spiro atoms. The van der Waals surface area contributed by atoms with Crippen LogP contribution in [0.2, 0.25) is 5.02 Å². The molecule has 1 rings (SSSR count). The first-order valence-electron chi connectivity index (χ1n) is 4.51. The molecule has 0 aliphatic heterocycles. The number of methoxy groups -OCH3 is 1. The van der Waals surface area contributed by atoms with E-state index in [1.165, 1.54) is 12.1 Å². The van der Waals surface area contributed by atoms with Crippen molar-refractivity contribution < 1.29 is 18.8 Å². The van der Waals surface area contributed by atoms with Crippen LogP contribution in [-0.2, 0) is 0 Å². The maximum atomic E-state index is 10.7. The maximum Gasteiger partial charge on any atom is 0.339 e. The van der Waals surface area contributed by atoms with Gasteiger partial charge in [0.25, 0.3) is 0 Å². The van der Waals surface area contributed by atoms with Crippen LogP contribution < -0.4 is 4.74 Å². The molecule has 0 aliphatic carbocycles. The van der Waals surface area contributed by atoms with Crippen molar-refractivity contribution in [3.63, 3.8) is 0 Å². The highest BCUT2D eigenvalue weighted by atomic mass is 35.5. The molecule has 0 aromatic heterocycles. The van der Waals surface area contributed by atoms with Gasteiger partial charge in [0.05, 0.1) is 11.2 Å². The number of carbonyl (C=O) groups is 1. The van der Waals surface area contributed by atoms with Crippen molar-refractivity contribution in [2.75, 3.05) is 7.04 Å². The van der Waals surface area contributed by atoms with Crippen molar-refractivity contribution >= 4 is 17.6 Å². The minimum Gasteiger partial charge on any atom is -0.496 e. The Hall–Kier alpha value is -1.22.